The summed E-state index contributed by atoms with van der Waals surface area (Å²) in [5.41, 5.74) is 7.67. The first-order valence-corrected chi connectivity index (χ1v) is 14.2. The lowest BCUT2D eigenvalue weighted by Crippen LogP contribution is -2.41. The molecule has 0 aliphatic carbocycles. The highest BCUT2D eigenvalue weighted by Crippen LogP contribution is 2.38. The van der Waals surface area contributed by atoms with Crippen LogP contribution in [0.5, 0.6) is 0 Å². The number of hydrogen-bond donors (Lipinski definition) is 1. The molecule has 0 saturated heterocycles. The molecule has 0 amide bonds. The van der Waals surface area contributed by atoms with E-state index in [1.807, 2.05) is 33.8 Å². The highest BCUT2D eigenvalue weighted by Gasteiger charge is 2.31. The second-order valence-corrected chi connectivity index (χ2v) is 8.37. The summed E-state index contributed by atoms with van der Waals surface area (Å²) in [6.45, 7) is 33.2. The normalized spacial score (nSPS) is 11.9. The summed E-state index contributed by atoms with van der Waals surface area (Å²) < 4.78 is 9.50. The smallest absolute Gasteiger partial charge is 0.105 e. The van der Waals surface area contributed by atoms with Crippen LogP contribution < -0.4 is 0 Å². The molecule has 0 saturated carbocycles. The highest BCUT2D eigenvalue weighted by atomic mass is 32.1. The fourth-order valence-corrected chi connectivity index (χ4v) is 4.13. The number of rotatable bonds is 8. The molecule has 1 aliphatic heterocycles. The van der Waals surface area contributed by atoms with Gasteiger partial charge in [0.2, 0.25) is 0 Å². The van der Waals surface area contributed by atoms with E-state index in [0.29, 0.717) is 13.7 Å². The number of nitrogens with zero attached hydrogens (tertiary/aromatic N) is 3. The van der Waals surface area contributed by atoms with Gasteiger partial charge in [0.25, 0.3) is 0 Å². The van der Waals surface area contributed by atoms with Crippen molar-refractivity contribution in [3.05, 3.63) is 127 Å². The van der Waals surface area contributed by atoms with Crippen LogP contribution in [0.15, 0.2) is 110 Å². The van der Waals surface area contributed by atoms with Gasteiger partial charge in [0.05, 0.1) is 18.6 Å². The van der Waals surface area contributed by atoms with E-state index in [1.54, 1.807) is 0 Å². The van der Waals surface area contributed by atoms with Crippen LogP contribution in [0.1, 0.15) is 57.7 Å². The molecule has 216 valence electrons. The molecule has 3 rings (SSSR count). The average molecular weight is 554 g/mol. The monoisotopic (exact) mass is 553 g/mol. The predicted octanol–water partition coefficient (Wildman–Crippen LogP) is 9.69. The molecule has 0 fully saturated rings. The summed E-state index contributed by atoms with van der Waals surface area (Å²) in [6.07, 6.45) is 0.957. The lowest BCUT2D eigenvalue weighted by molar-refractivity contribution is 0.270. The number of halogens is 1. The third kappa shape index (κ3) is 10.5. The molecule has 3 nitrogen and oxygen atoms in total. The zero-order valence-electron chi connectivity index (χ0n) is 25.7. The lowest BCUT2D eigenvalue weighted by atomic mass is 10.0. The summed E-state index contributed by atoms with van der Waals surface area (Å²) in [4.78, 5) is 6.64. The third-order valence-electron chi connectivity index (χ3n) is 5.92. The number of hydrogen-bond acceptors (Lipinski definition) is 4. The molecular weight excluding hydrogens is 501 g/mol. The van der Waals surface area contributed by atoms with Crippen molar-refractivity contribution in [2.75, 3.05) is 26.5 Å². The largest absolute Gasteiger partial charge is 0.334 e. The first kappa shape index (κ1) is 38.0. The van der Waals surface area contributed by atoms with Gasteiger partial charge in [-0.3, -0.25) is 4.39 Å². The number of aryl methyl sites for hydroxylation is 1. The van der Waals surface area contributed by atoms with Gasteiger partial charge in [0.1, 0.15) is 5.82 Å². The molecule has 2 aromatic carbocycles. The van der Waals surface area contributed by atoms with Crippen molar-refractivity contribution >= 4 is 18.3 Å². The maximum absolute atomic E-state index is 9.50. The van der Waals surface area contributed by atoms with Gasteiger partial charge in [0, 0.05) is 37.1 Å². The molecule has 39 heavy (non-hydrogen) atoms. The van der Waals surface area contributed by atoms with Gasteiger partial charge in [-0.15, -0.1) is 13.2 Å². The van der Waals surface area contributed by atoms with Crippen LogP contribution >= 0.6 is 12.6 Å². The minimum atomic E-state index is 0.500. The molecule has 5 heteroatoms. The molecular formula is C34H52FN3S. The van der Waals surface area contributed by atoms with Crippen molar-refractivity contribution in [2.45, 2.75) is 54.5 Å². The quantitative estimate of drug-likeness (QED) is 0.258. The zero-order chi connectivity index (χ0) is 30.5. The molecule has 1 heterocycles. The third-order valence-corrected chi connectivity index (χ3v) is 6.24. The number of alkyl halides is 1. The average Bonchev–Trinajstić information content (AvgIpc) is 3.00. The van der Waals surface area contributed by atoms with Crippen LogP contribution in [0, 0.1) is 6.92 Å². The Balaban J connectivity index is 0. The molecule has 1 aliphatic rings. The van der Waals surface area contributed by atoms with E-state index in [4.69, 9.17) is 0 Å². The predicted molar refractivity (Wildman–Crippen MR) is 177 cm³/mol. The van der Waals surface area contributed by atoms with Crippen molar-refractivity contribution in [1.82, 2.24) is 14.7 Å². The maximum atomic E-state index is 9.50. The first-order chi connectivity index (χ1) is 18.9. The van der Waals surface area contributed by atoms with Gasteiger partial charge in [-0.1, -0.05) is 102 Å². The summed E-state index contributed by atoms with van der Waals surface area (Å²) in [6, 6.07) is 18.9. The molecule has 0 N–H and O–H groups in total. The molecule has 0 radical (unpaired) electrons. The van der Waals surface area contributed by atoms with E-state index in [1.165, 1.54) is 11.1 Å². The Bertz CT molecular complexity index is 1030. The van der Waals surface area contributed by atoms with Crippen LogP contribution in [0.4, 0.5) is 4.39 Å². The van der Waals surface area contributed by atoms with Gasteiger partial charge in [-0.25, -0.2) is 0 Å². The Kier molecular flexibility index (Phi) is 21.1. The van der Waals surface area contributed by atoms with E-state index in [2.05, 4.69) is 130 Å². The van der Waals surface area contributed by atoms with Crippen molar-refractivity contribution in [3.8, 4) is 0 Å². The number of benzene rings is 2. The van der Waals surface area contributed by atoms with E-state index in [-0.39, 0.29) is 0 Å². The Morgan fingerprint density at radius 3 is 1.92 bits per heavy atom. The van der Waals surface area contributed by atoms with Gasteiger partial charge in [-0.05, 0) is 37.1 Å². The topological polar surface area (TPSA) is 9.72 Å². The summed E-state index contributed by atoms with van der Waals surface area (Å²) in [5.74, 6) is 1.76. The van der Waals surface area contributed by atoms with Crippen LogP contribution in [0.3, 0.4) is 0 Å². The van der Waals surface area contributed by atoms with Crippen molar-refractivity contribution in [1.29, 1.82) is 0 Å². The Morgan fingerprint density at radius 2 is 1.41 bits per heavy atom. The second-order valence-electron chi connectivity index (χ2n) is 7.92. The minimum Gasteiger partial charge on any atom is -0.334 e. The van der Waals surface area contributed by atoms with E-state index >= 15 is 0 Å². The van der Waals surface area contributed by atoms with Crippen LogP contribution in [-0.4, -0.2) is 41.2 Å². The van der Waals surface area contributed by atoms with Crippen LogP contribution in [0.25, 0.3) is 5.70 Å². The van der Waals surface area contributed by atoms with E-state index < -0.39 is 0 Å². The van der Waals surface area contributed by atoms with Crippen molar-refractivity contribution in [2.24, 2.45) is 0 Å². The molecule has 0 aromatic heterocycles. The van der Waals surface area contributed by atoms with Gasteiger partial charge < -0.3 is 14.7 Å². The Hall–Kier alpha value is -3.18. The maximum Gasteiger partial charge on any atom is 0.105 e. The SMILES string of the molecule is C=C.C=C1C(N(Cc2ccccc2)C(=C)c2ccccc2C)=C(C)N(C)C(=C)N1CCCS.CC.CC.CF. The molecule has 2 aromatic rings. The van der Waals surface area contributed by atoms with Gasteiger partial charge in [-0.2, -0.15) is 12.6 Å². The summed E-state index contributed by atoms with van der Waals surface area (Å²) >= 11 is 4.40. The molecule has 0 atom stereocenters. The second kappa shape index (κ2) is 21.7. The lowest BCUT2D eigenvalue weighted by Gasteiger charge is -2.45. The Labute approximate surface area is 245 Å². The summed E-state index contributed by atoms with van der Waals surface area (Å²) in [7, 11) is 2.56. The van der Waals surface area contributed by atoms with Crippen molar-refractivity contribution < 1.29 is 4.39 Å². The van der Waals surface area contributed by atoms with Crippen LogP contribution in [0.2, 0.25) is 0 Å². The first-order valence-electron chi connectivity index (χ1n) is 13.5. The van der Waals surface area contributed by atoms with Gasteiger partial charge >= 0.3 is 0 Å². The number of thiol groups is 1. The summed E-state index contributed by atoms with van der Waals surface area (Å²) in [5, 5.41) is 0. The molecule has 0 unspecified atom stereocenters. The highest BCUT2D eigenvalue weighted by molar-refractivity contribution is 7.80. The van der Waals surface area contributed by atoms with Gasteiger partial charge in [0.15, 0.2) is 0 Å². The minimum absolute atomic E-state index is 0.500. The molecule has 0 spiro atoms. The fourth-order valence-electron chi connectivity index (χ4n) is 3.99. The number of allylic oxidation sites excluding steroid dienone is 1. The molecule has 0 bridgehead atoms. The van der Waals surface area contributed by atoms with E-state index in [0.717, 1.165) is 52.9 Å². The van der Waals surface area contributed by atoms with E-state index in [9.17, 15) is 4.39 Å². The Morgan fingerprint density at radius 1 is 0.897 bits per heavy atom. The van der Waals surface area contributed by atoms with Crippen LogP contribution in [-0.2, 0) is 6.54 Å². The standard InChI is InChI=1S/C27H33N3S.2C2H6.C2H4.CH3F/c1-20-13-10-11-16-26(20)21(2)30(19-25-14-8-7-9-15-25)27-22(3)28(6)24(5)29(23(27)4)17-12-18-31;4*1-2/h7-11,13-16,31H,2,4-5,12,17-19H2,1,3,6H3;2*1-2H3;1-2H2;1H3. The van der Waals surface area contributed by atoms with Crippen molar-refractivity contribution in [3.63, 3.8) is 0 Å². The fraction of sp³-hybridized carbons (Fsp3) is 0.353. The zero-order valence-corrected chi connectivity index (χ0v) is 26.6.